The first kappa shape index (κ1) is 105. The lowest BCUT2D eigenvalue weighted by molar-refractivity contribution is -0.00170. The van der Waals surface area contributed by atoms with Gasteiger partial charge in [0.1, 0.15) is 58.5 Å². The molecule has 5 unspecified atom stereocenters. The molecule has 4 aromatic heterocycles. The van der Waals surface area contributed by atoms with Crippen molar-refractivity contribution in [1.82, 2.24) is 49.9 Å². The predicted octanol–water partition coefficient (Wildman–Crippen LogP) is 21.2. The number of nitrogens with one attached hydrogen (secondary N) is 1. The fraction of sp³-hybridized carbons (Fsp3) is 0.479. The van der Waals surface area contributed by atoms with Gasteiger partial charge in [0.05, 0.1) is 69.0 Å². The number of nitrogens with zero attached hydrogens (tertiary/aromatic N) is 13. The fourth-order valence-electron chi connectivity index (χ4n) is 18.1. The monoisotopic (exact) mass is 1770 g/mol. The molecule has 123 heavy (non-hydrogen) atoms. The minimum atomic E-state index is -1.02. The number of carbonyl (C=O) groups is 4. The quantitative estimate of drug-likeness (QED) is 0.0898. The van der Waals surface area contributed by atoms with Gasteiger partial charge in [-0.15, -0.1) is 12.4 Å². The SMILES string of the molecule is C.C.C.C.C.C.CC(C)(C)OC(=O)N1CC2CCC(C1)C2C#N.CC(C)(C)OC(=O)N1C[C@H]2CC[C@@H](C1)C2(C#N)Cc1ccc(F)cc1.Cl.Fc1ccc(CBr)cc1.N#CC1(Cc2ccc(F)cc2)[C@@H]2CC[C@H]1CN(C(=O)c1cccnc1-c1ccncn1)C2.N#CC1(Cc2ccc(F)cc2)[C@@H]2CC[C@H]1CNC2.O=C(O)c1cccnc1-c1ccncn1. The highest BCUT2D eigenvalue weighted by Gasteiger charge is 2.57. The Labute approximate surface area is 740 Å². The number of likely N-dealkylation sites (tertiary alicyclic amines) is 3. The molecule has 3 amide bonds. The molecule has 16 rings (SSSR count). The largest absolute Gasteiger partial charge is 0.478 e. The lowest BCUT2D eigenvalue weighted by Crippen LogP contribution is -2.52. The van der Waals surface area contributed by atoms with Crippen LogP contribution in [0.5, 0.6) is 0 Å². The van der Waals surface area contributed by atoms with Crippen LogP contribution < -0.4 is 5.32 Å². The van der Waals surface area contributed by atoms with Crippen LogP contribution in [0.15, 0.2) is 171 Å². The number of nitriles is 4. The molecule has 4 saturated carbocycles. The summed E-state index contributed by atoms with van der Waals surface area (Å²) in [7, 11) is 0. The smallest absolute Gasteiger partial charge is 0.410 e. The van der Waals surface area contributed by atoms with Crippen LogP contribution in [0.4, 0.5) is 27.2 Å². The van der Waals surface area contributed by atoms with E-state index < -0.39 is 28.0 Å². The molecule has 4 saturated heterocycles. The number of hydrogen-bond donors (Lipinski definition) is 2. The van der Waals surface area contributed by atoms with E-state index in [1.54, 1.807) is 95.1 Å². The molecule has 0 spiro atoms. The van der Waals surface area contributed by atoms with Crippen molar-refractivity contribution in [2.24, 2.45) is 69.5 Å². The van der Waals surface area contributed by atoms with Gasteiger partial charge in [-0.05, 0) is 280 Å². The number of hydrogen-bond acceptors (Lipinski definition) is 17. The van der Waals surface area contributed by atoms with E-state index in [1.165, 1.54) is 73.4 Å². The normalized spacial score (nSPS) is 23.4. The second-order valence-corrected chi connectivity index (χ2v) is 33.8. The van der Waals surface area contributed by atoms with Gasteiger partial charge in [0.25, 0.3) is 5.91 Å². The third-order valence-electron chi connectivity index (χ3n) is 23.7. The number of halogens is 6. The molecule has 2 N–H and O–H groups in total. The maximum Gasteiger partial charge on any atom is 0.410 e. The summed E-state index contributed by atoms with van der Waals surface area (Å²) in [4.78, 5) is 78.5. The molecule has 4 aromatic carbocycles. The molecular weight excluding hydrogens is 1650 g/mol. The molecule has 27 heteroatoms. The number of pyridine rings is 2. The van der Waals surface area contributed by atoms with E-state index in [0.717, 1.165) is 98.5 Å². The number of carboxylic acid groups (broad SMARTS) is 1. The summed E-state index contributed by atoms with van der Waals surface area (Å²) in [5, 5.41) is 52.1. The zero-order valence-corrected chi connectivity index (χ0v) is 68.9. The average Bonchev–Trinajstić information content (AvgIpc) is 1.61. The second-order valence-electron chi connectivity index (χ2n) is 33.2. The summed E-state index contributed by atoms with van der Waals surface area (Å²) >= 11 is 3.26. The van der Waals surface area contributed by atoms with Crippen LogP contribution in [0.3, 0.4) is 0 Å². The van der Waals surface area contributed by atoms with Gasteiger partial charge in [-0.2, -0.15) is 21.0 Å². The van der Waals surface area contributed by atoms with E-state index in [0.29, 0.717) is 104 Å². The van der Waals surface area contributed by atoms with E-state index in [-0.39, 0.29) is 139 Å². The zero-order chi connectivity index (χ0) is 83.0. The van der Waals surface area contributed by atoms with Gasteiger partial charge in [0, 0.05) is 69.4 Å². The molecule has 8 heterocycles. The lowest BCUT2D eigenvalue weighted by Gasteiger charge is -2.44. The Morgan fingerprint density at radius 1 is 0.455 bits per heavy atom. The molecule has 8 bridgehead atoms. The molecule has 21 nitrogen and oxygen atoms in total. The van der Waals surface area contributed by atoms with Gasteiger partial charge < -0.3 is 34.6 Å². The number of alkyl halides is 1. The van der Waals surface area contributed by atoms with Crippen LogP contribution in [-0.2, 0) is 34.1 Å². The second kappa shape index (κ2) is 46.6. The fourth-order valence-corrected chi connectivity index (χ4v) is 18.4. The number of piperidine rings is 4. The summed E-state index contributed by atoms with van der Waals surface area (Å²) in [6.45, 7) is 16.6. The van der Waals surface area contributed by atoms with Crippen LogP contribution in [-0.4, -0.2) is 137 Å². The molecule has 4 aliphatic heterocycles. The summed E-state index contributed by atoms with van der Waals surface area (Å²) in [6, 6.07) is 46.0. The number of aromatic nitrogens is 6. The van der Waals surface area contributed by atoms with Crippen molar-refractivity contribution in [3.8, 4) is 47.1 Å². The number of ether oxygens (including phenoxy) is 2. The molecule has 8 fully saturated rings. The predicted molar refractivity (Wildman–Crippen MR) is 477 cm³/mol. The Balaban J connectivity index is 0.000000317. The Kier molecular flexibility index (Phi) is 39.7. The number of amides is 3. The van der Waals surface area contributed by atoms with Crippen molar-refractivity contribution in [3.63, 3.8) is 0 Å². The van der Waals surface area contributed by atoms with E-state index >= 15 is 0 Å². The van der Waals surface area contributed by atoms with Crippen molar-refractivity contribution in [1.29, 1.82) is 21.0 Å². The number of carboxylic acids is 1. The summed E-state index contributed by atoms with van der Waals surface area (Å²) in [6.07, 6.45) is 18.7. The molecule has 11 atom stereocenters. The maximum atomic E-state index is 13.5. The Morgan fingerprint density at radius 2 is 0.780 bits per heavy atom. The van der Waals surface area contributed by atoms with Gasteiger partial charge in [-0.25, -0.2) is 51.9 Å². The average molecular weight is 1780 g/mol. The van der Waals surface area contributed by atoms with Gasteiger partial charge in [0.2, 0.25) is 0 Å². The van der Waals surface area contributed by atoms with Crippen LogP contribution in [0.25, 0.3) is 22.8 Å². The molecule has 660 valence electrons. The van der Waals surface area contributed by atoms with Gasteiger partial charge in [0.15, 0.2) is 0 Å². The number of rotatable bonds is 11. The number of fused-ring (bicyclic) bond motifs is 8. The highest BCUT2D eigenvalue weighted by Crippen LogP contribution is 2.56. The first-order chi connectivity index (χ1) is 55.6. The van der Waals surface area contributed by atoms with E-state index in [9.17, 15) is 52.5 Å². The molecule has 8 aliphatic rings. The first-order valence-electron chi connectivity index (χ1n) is 39.4. The van der Waals surface area contributed by atoms with Crippen molar-refractivity contribution < 1.29 is 51.3 Å². The van der Waals surface area contributed by atoms with Gasteiger partial charge in [-0.1, -0.05) is 109 Å². The summed E-state index contributed by atoms with van der Waals surface area (Å²) < 4.78 is 62.5. The third-order valence-corrected chi connectivity index (χ3v) is 24.4. The highest BCUT2D eigenvalue weighted by molar-refractivity contribution is 9.08. The maximum absolute atomic E-state index is 13.5. The Bertz CT molecular complexity index is 4810. The Hall–Kier alpha value is -10.8. The Morgan fingerprint density at radius 3 is 1.11 bits per heavy atom. The van der Waals surface area contributed by atoms with Gasteiger partial charge in [-0.3, -0.25) is 14.8 Å². The van der Waals surface area contributed by atoms with Crippen LogP contribution >= 0.6 is 28.3 Å². The first-order valence-corrected chi connectivity index (χ1v) is 40.5. The topological polar surface area (TPSA) is 301 Å². The van der Waals surface area contributed by atoms with Gasteiger partial charge >= 0.3 is 18.2 Å². The van der Waals surface area contributed by atoms with Crippen molar-refractivity contribution in [2.75, 3.05) is 52.4 Å². The van der Waals surface area contributed by atoms with Crippen molar-refractivity contribution in [3.05, 3.63) is 228 Å². The van der Waals surface area contributed by atoms with Crippen LogP contribution in [0.1, 0.15) is 180 Å². The number of benzene rings is 4. The molecule has 4 aliphatic carbocycles. The molecule has 0 radical (unpaired) electrons. The van der Waals surface area contributed by atoms with Crippen molar-refractivity contribution in [2.45, 2.75) is 173 Å². The number of carbonyl (C=O) groups excluding carboxylic acids is 3. The minimum Gasteiger partial charge on any atom is -0.478 e. The van der Waals surface area contributed by atoms with Crippen molar-refractivity contribution >= 4 is 52.4 Å². The minimum absolute atomic E-state index is 0. The molecular formula is C96H122BrClF4N14O7. The van der Waals surface area contributed by atoms with E-state index in [1.807, 2.05) is 58.6 Å². The zero-order valence-electron chi connectivity index (χ0n) is 66.5. The van der Waals surface area contributed by atoms with E-state index in [4.69, 9.17) is 19.8 Å². The van der Waals surface area contributed by atoms with Crippen LogP contribution in [0, 0.1) is 138 Å². The summed E-state index contributed by atoms with van der Waals surface area (Å²) in [5.41, 5.74) is 4.55. The lowest BCUT2D eigenvalue weighted by atomic mass is 9.66. The third kappa shape index (κ3) is 25.7. The number of aromatic carboxylic acids is 1. The summed E-state index contributed by atoms with van der Waals surface area (Å²) in [5.74, 6) is 0.147. The van der Waals surface area contributed by atoms with Crippen LogP contribution in [0.2, 0.25) is 0 Å². The van der Waals surface area contributed by atoms with E-state index in [2.05, 4.69) is 75.4 Å². The highest BCUT2D eigenvalue weighted by atomic mass is 79.9. The molecule has 8 aromatic rings. The standard InChI is InChI=1S/C25H22FN5O.C20H25FN2O2.C15H17FN2.C13H20N2O2.C10H7N3O2.C7H6BrF.6CH4.ClH/c26-20-7-3-17(4-8-20)12-25(15-27)18-5-6-19(25)14-31(13-18)24(32)21-2-1-10-29-23(21)22-9-11-28-16-30-22;1-19(2,3)25-18(24)23-11-15-6-7-16(12-23)20(15,13-22)10-14-4-8-17(21)9-5-14;16-14-5-1-11(2-6-14)7-15(10-17)12-3-4-13(15)9-18-8-12;1-13(2,3)17-12(16)15-7-9-4-5-10(8-15)11(9)6-14;14-10(15)7-2-1-4-12-9(7)8-3-5-11-6-13-8;8-5-6-1-3-7(9)4-2-6;;;;;;;/h1-4,7-11,16,18-19H,5-6,12-14H2;4-5,8-9,15-16H,6-7,10-12H2,1-3H3;1-2,5-6,12-13,18H,3-4,7-9H2;9-11H,4-5,7-8H2,1-3H3;1-6H,(H,14,15);1-4H,5H2;6*1H4;1H/t18-,19+,25?;15-,16+,20?;12-,13+,15?;;;;;;;;;;.